The Bertz CT molecular complexity index is 891. The fourth-order valence-corrected chi connectivity index (χ4v) is 4.16. The lowest BCUT2D eigenvalue weighted by Gasteiger charge is -2.14. The molecule has 0 heterocycles. The molecule has 0 atom stereocenters. The molecular weight excluding hydrogens is 388 g/mol. The highest BCUT2D eigenvalue weighted by Gasteiger charge is 2.18. The zero-order chi connectivity index (χ0) is 14.4. The summed E-state index contributed by atoms with van der Waals surface area (Å²) in [4.78, 5) is 0. The second kappa shape index (κ2) is 5.11. The van der Waals surface area contributed by atoms with Crippen LogP contribution in [0.2, 0.25) is 0 Å². The van der Waals surface area contributed by atoms with Gasteiger partial charge in [0.1, 0.15) is 0 Å². The Morgan fingerprint density at radius 1 is 0.714 bits per heavy atom. The van der Waals surface area contributed by atoms with E-state index in [0.29, 0.717) is 0 Å². The zero-order valence-electron chi connectivity index (χ0n) is 11.2. The van der Waals surface area contributed by atoms with Crippen molar-refractivity contribution in [1.29, 1.82) is 0 Å². The quantitative estimate of drug-likeness (QED) is 0.401. The number of hydrogen-bond acceptors (Lipinski definition) is 0. The molecule has 0 saturated heterocycles. The first-order chi connectivity index (χ1) is 10.3. The lowest BCUT2D eigenvalue weighted by molar-refractivity contribution is 1.32. The predicted molar refractivity (Wildman–Crippen MR) is 97.7 cm³/mol. The van der Waals surface area contributed by atoms with E-state index in [1.165, 1.54) is 37.5 Å². The van der Waals surface area contributed by atoms with Gasteiger partial charge in [0, 0.05) is 8.96 Å². The van der Waals surface area contributed by atoms with Gasteiger partial charge in [0.25, 0.3) is 0 Å². The molecule has 0 N–H and O–H groups in total. The van der Waals surface area contributed by atoms with Crippen LogP contribution >= 0.6 is 31.9 Å². The molecule has 21 heavy (non-hydrogen) atoms. The van der Waals surface area contributed by atoms with Gasteiger partial charge in [-0.2, -0.15) is 0 Å². The Balaban J connectivity index is 2.16. The summed E-state index contributed by atoms with van der Waals surface area (Å²) in [5.41, 5.74) is 5.27. The summed E-state index contributed by atoms with van der Waals surface area (Å²) in [6.07, 6.45) is 3.21. The van der Waals surface area contributed by atoms with Crippen LogP contribution in [0.3, 0.4) is 0 Å². The normalized spacial score (nSPS) is 13.3. The summed E-state index contributed by atoms with van der Waals surface area (Å²) in [7, 11) is 0. The maximum atomic E-state index is 3.74. The van der Waals surface area contributed by atoms with Gasteiger partial charge in [0.2, 0.25) is 0 Å². The van der Waals surface area contributed by atoms with Crippen molar-refractivity contribution in [3.63, 3.8) is 0 Å². The summed E-state index contributed by atoms with van der Waals surface area (Å²) < 4.78 is 2.33. The monoisotopic (exact) mass is 398 g/mol. The highest BCUT2D eigenvalue weighted by atomic mass is 79.9. The molecule has 0 unspecified atom stereocenters. The molecule has 0 aliphatic heterocycles. The van der Waals surface area contributed by atoms with Crippen LogP contribution in [-0.4, -0.2) is 0 Å². The summed E-state index contributed by atoms with van der Waals surface area (Å²) >= 11 is 7.47. The smallest absolute Gasteiger partial charge is 0.0260 e. The highest BCUT2D eigenvalue weighted by molar-refractivity contribution is 9.15. The van der Waals surface area contributed by atoms with Gasteiger partial charge < -0.3 is 0 Å². The molecule has 0 nitrogen and oxygen atoms in total. The van der Waals surface area contributed by atoms with E-state index >= 15 is 0 Å². The summed E-state index contributed by atoms with van der Waals surface area (Å²) in [6.45, 7) is 0. The van der Waals surface area contributed by atoms with E-state index in [1.807, 2.05) is 0 Å². The minimum Gasteiger partial charge on any atom is -0.0652 e. The standard InChI is InChI=1S/C19H12Br2/c20-18-10-9-14-12-5-1-4-8-16(12)19(21)11-17(14)13-6-2-3-7-15(13)18/h1-8,10-11H,9H2. The van der Waals surface area contributed by atoms with Gasteiger partial charge >= 0.3 is 0 Å². The number of benzene rings is 3. The topological polar surface area (TPSA) is 0 Å². The first kappa shape index (κ1) is 13.3. The highest BCUT2D eigenvalue weighted by Crippen LogP contribution is 2.42. The van der Waals surface area contributed by atoms with Crippen LogP contribution < -0.4 is 0 Å². The molecule has 2 heteroatoms. The molecule has 102 valence electrons. The zero-order valence-corrected chi connectivity index (χ0v) is 14.4. The fraction of sp³-hybridized carbons (Fsp3) is 0.0526. The van der Waals surface area contributed by atoms with E-state index in [-0.39, 0.29) is 0 Å². The third kappa shape index (κ3) is 2.09. The van der Waals surface area contributed by atoms with Crippen LogP contribution in [0.1, 0.15) is 11.1 Å². The van der Waals surface area contributed by atoms with E-state index in [2.05, 4.69) is 92.5 Å². The number of rotatable bonds is 0. The molecule has 1 aliphatic carbocycles. The molecule has 0 fully saturated rings. The van der Waals surface area contributed by atoms with Gasteiger partial charge in [0.15, 0.2) is 0 Å². The van der Waals surface area contributed by atoms with Gasteiger partial charge in [-0.25, -0.2) is 0 Å². The van der Waals surface area contributed by atoms with Crippen LogP contribution in [0.15, 0.2) is 65.1 Å². The maximum absolute atomic E-state index is 3.74. The number of hydrogen-bond donors (Lipinski definition) is 0. The second-order valence-electron chi connectivity index (χ2n) is 5.23. The van der Waals surface area contributed by atoms with Crippen molar-refractivity contribution in [2.45, 2.75) is 6.42 Å². The fourth-order valence-electron chi connectivity index (χ4n) is 3.08. The maximum Gasteiger partial charge on any atom is 0.0260 e. The van der Waals surface area contributed by atoms with Gasteiger partial charge in [0.05, 0.1) is 0 Å². The van der Waals surface area contributed by atoms with Crippen LogP contribution in [0.5, 0.6) is 0 Å². The summed E-state index contributed by atoms with van der Waals surface area (Å²) in [6, 6.07) is 19.4. The third-order valence-corrected chi connectivity index (χ3v) is 5.47. The number of fused-ring (bicyclic) bond motifs is 5. The Kier molecular flexibility index (Phi) is 3.24. The van der Waals surface area contributed by atoms with Crippen molar-refractivity contribution in [2.75, 3.05) is 0 Å². The van der Waals surface area contributed by atoms with Crippen LogP contribution in [0.25, 0.3) is 26.4 Å². The van der Waals surface area contributed by atoms with E-state index in [0.717, 1.165) is 10.9 Å². The van der Waals surface area contributed by atoms with E-state index < -0.39 is 0 Å². The molecule has 3 aromatic carbocycles. The Hall–Kier alpha value is -1.38. The van der Waals surface area contributed by atoms with E-state index in [9.17, 15) is 0 Å². The second-order valence-corrected chi connectivity index (χ2v) is 6.94. The Labute approximate surface area is 140 Å². The molecule has 0 spiro atoms. The van der Waals surface area contributed by atoms with Crippen molar-refractivity contribution in [2.24, 2.45) is 0 Å². The van der Waals surface area contributed by atoms with Gasteiger partial charge in [-0.05, 0) is 45.5 Å². The van der Waals surface area contributed by atoms with E-state index in [4.69, 9.17) is 0 Å². The molecule has 0 amide bonds. The van der Waals surface area contributed by atoms with Crippen molar-refractivity contribution in [3.8, 4) is 11.1 Å². The van der Waals surface area contributed by atoms with Crippen LogP contribution in [0.4, 0.5) is 0 Å². The first-order valence-electron chi connectivity index (χ1n) is 6.91. The Morgan fingerprint density at radius 3 is 2.19 bits per heavy atom. The molecule has 0 saturated carbocycles. The average Bonchev–Trinajstić information content (AvgIpc) is 2.66. The molecule has 3 aromatic rings. The molecule has 4 rings (SSSR count). The lowest BCUT2D eigenvalue weighted by Crippen LogP contribution is -1.91. The number of allylic oxidation sites excluding steroid dienone is 1. The molecule has 1 aliphatic rings. The minimum absolute atomic E-state index is 0.943. The first-order valence-corrected chi connectivity index (χ1v) is 8.50. The molecule has 0 radical (unpaired) electrons. The average molecular weight is 400 g/mol. The van der Waals surface area contributed by atoms with Crippen LogP contribution in [-0.2, 0) is 6.42 Å². The number of halogens is 2. The van der Waals surface area contributed by atoms with Crippen molar-refractivity contribution < 1.29 is 0 Å². The van der Waals surface area contributed by atoms with Crippen molar-refractivity contribution in [1.82, 2.24) is 0 Å². The lowest BCUT2D eigenvalue weighted by atomic mass is 9.92. The van der Waals surface area contributed by atoms with E-state index in [1.54, 1.807) is 0 Å². The Morgan fingerprint density at radius 2 is 1.38 bits per heavy atom. The van der Waals surface area contributed by atoms with Crippen molar-refractivity contribution in [3.05, 3.63) is 76.3 Å². The minimum atomic E-state index is 0.943. The van der Waals surface area contributed by atoms with Gasteiger partial charge in [-0.1, -0.05) is 86.5 Å². The summed E-state index contributed by atoms with van der Waals surface area (Å²) in [5.74, 6) is 0. The largest absolute Gasteiger partial charge is 0.0652 e. The van der Waals surface area contributed by atoms with Crippen molar-refractivity contribution >= 4 is 47.1 Å². The predicted octanol–water partition coefficient (Wildman–Crippen LogP) is 6.56. The van der Waals surface area contributed by atoms with Gasteiger partial charge in [-0.3, -0.25) is 0 Å². The molecule has 0 bridgehead atoms. The third-order valence-electron chi connectivity index (χ3n) is 4.07. The van der Waals surface area contributed by atoms with Crippen LogP contribution in [0, 0.1) is 0 Å². The SMILES string of the molecule is BrC1=CCc2c(cc(Br)c3ccccc23)-c2ccccc21. The summed E-state index contributed by atoms with van der Waals surface area (Å²) in [5, 5.41) is 2.61. The molecular formula is C19H12Br2. The van der Waals surface area contributed by atoms with Gasteiger partial charge in [-0.15, -0.1) is 0 Å². The molecule has 0 aromatic heterocycles.